The molecule has 0 heterocycles. The first-order valence-corrected chi connectivity index (χ1v) is 8.69. The molecule has 6 nitrogen and oxygen atoms in total. The van der Waals surface area contributed by atoms with Crippen LogP contribution in [0.5, 0.6) is 0 Å². The maximum Gasteiger partial charge on any atom is 0.408 e. The van der Waals surface area contributed by atoms with Crippen LogP contribution in [0.15, 0.2) is 60.7 Å². The van der Waals surface area contributed by atoms with E-state index in [0.29, 0.717) is 5.56 Å². The van der Waals surface area contributed by atoms with Gasteiger partial charge in [-0.2, -0.15) is 0 Å². The summed E-state index contributed by atoms with van der Waals surface area (Å²) in [6, 6.07) is 16.9. The average molecular weight is 369 g/mol. The molecule has 2 aromatic rings. The zero-order chi connectivity index (χ0) is 19.6. The van der Waals surface area contributed by atoms with E-state index in [4.69, 9.17) is 9.47 Å². The van der Waals surface area contributed by atoms with Crippen LogP contribution in [0.4, 0.5) is 4.79 Å². The third kappa shape index (κ3) is 6.58. The van der Waals surface area contributed by atoms with Gasteiger partial charge in [0.2, 0.25) is 0 Å². The molecule has 0 aliphatic heterocycles. The standard InChI is InChI=1S/C21H23NO5/c1-15(2)19(22-21(25)27-13-16-9-5-3-6-10-16)20(24)26-14-18(23)17-11-7-4-8-12-17/h3-12,15,19H,13-14H2,1-2H3,(H,22,25). The lowest BCUT2D eigenvalue weighted by Gasteiger charge is -2.20. The largest absolute Gasteiger partial charge is 0.456 e. The molecule has 2 aromatic carbocycles. The number of ether oxygens (including phenoxy) is 2. The molecular formula is C21H23NO5. The average Bonchev–Trinajstić information content (AvgIpc) is 2.69. The number of carbonyl (C=O) groups excluding carboxylic acids is 3. The molecule has 142 valence electrons. The van der Waals surface area contributed by atoms with E-state index < -0.39 is 18.1 Å². The summed E-state index contributed by atoms with van der Waals surface area (Å²) in [4.78, 5) is 36.3. The van der Waals surface area contributed by atoms with Crippen LogP contribution < -0.4 is 5.32 Å². The molecule has 0 fully saturated rings. The van der Waals surface area contributed by atoms with Gasteiger partial charge in [0.15, 0.2) is 12.4 Å². The number of Topliss-reactive ketones (excluding diaryl/α,β-unsaturated/α-hetero) is 1. The van der Waals surface area contributed by atoms with Crippen LogP contribution in [0.3, 0.4) is 0 Å². The summed E-state index contributed by atoms with van der Waals surface area (Å²) in [6.07, 6.45) is -0.719. The van der Waals surface area contributed by atoms with Crippen molar-refractivity contribution in [3.05, 3.63) is 71.8 Å². The van der Waals surface area contributed by atoms with Gasteiger partial charge in [-0.25, -0.2) is 9.59 Å². The van der Waals surface area contributed by atoms with Crippen molar-refractivity contribution in [3.63, 3.8) is 0 Å². The molecule has 1 N–H and O–H groups in total. The predicted octanol–water partition coefficient (Wildman–Crippen LogP) is 3.36. The minimum absolute atomic E-state index is 0.0963. The van der Waals surface area contributed by atoms with Crippen LogP contribution in [0.25, 0.3) is 0 Å². The molecule has 0 saturated carbocycles. The van der Waals surface area contributed by atoms with Crippen molar-refractivity contribution in [2.24, 2.45) is 5.92 Å². The number of carbonyl (C=O) groups is 3. The smallest absolute Gasteiger partial charge is 0.408 e. The van der Waals surface area contributed by atoms with Crippen LogP contribution in [0.1, 0.15) is 29.8 Å². The van der Waals surface area contributed by atoms with Crippen molar-refractivity contribution < 1.29 is 23.9 Å². The van der Waals surface area contributed by atoms with Crippen molar-refractivity contribution in [1.82, 2.24) is 5.32 Å². The van der Waals surface area contributed by atoms with Gasteiger partial charge >= 0.3 is 12.1 Å². The van der Waals surface area contributed by atoms with E-state index in [0.717, 1.165) is 5.56 Å². The van der Waals surface area contributed by atoms with Crippen LogP contribution in [0, 0.1) is 5.92 Å². The van der Waals surface area contributed by atoms with E-state index in [-0.39, 0.29) is 24.9 Å². The molecule has 0 aromatic heterocycles. The number of ketones is 1. The molecule has 1 amide bonds. The number of benzene rings is 2. The fraction of sp³-hybridized carbons (Fsp3) is 0.286. The van der Waals surface area contributed by atoms with Crippen LogP contribution in [-0.2, 0) is 20.9 Å². The van der Waals surface area contributed by atoms with Gasteiger partial charge in [0, 0.05) is 5.56 Å². The summed E-state index contributed by atoms with van der Waals surface area (Å²) in [5.41, 5.74) is 1.30. The molecular weight excluding hydrogens is 346 g/mol. The first-order chi connectivity index (χ1) is 13.0. The summed E-state index contributed by atoms with van der Waals surface area (Å²) in [6.45, 7) is 3.25. The summed E-state index contributed by atoms with van der Waals surface area (Å²) in [5, 5.41) is 2.50. The quantitative estimate of drug-likeness (QED) is 0.570. The van der Waals surface area contributed by atoms with E-state index in [1.165, 1.54) is 0 Å². The Morgan fingerprint density at radius 3 is 2.07 bits per heavy atom. The molecule has 6 heteroatoms. The Labute approximate surface area is 158 Å². The lowest BCUT2D eigenvalue weighted by molar-refractivity contribution is -0.146. The molecule has 27 heavy (non-hydrogen) atoms. The molecule has 0 radical (unpaired) electrons. The third-order valence-electron chi connectivity index (χ3n) is 3.85. The minimum atomic E-state index is -0.906. The predicted molar refractivity (Wildman–Crippen MR) is 100 cm³/mol. The number of rotatable bonds is 8. The second-order valence-electron chi connectivity index (χ2n) is 6.32. The van der Waals surface area contributed by atoms with Gasteiger partial charge < -0.3 is 14.8 Å². The highest BCUT2D eigenvalue weighted by Gasteiger charge is 2.27. The summed E-state index contributed by atoms with van der Waals surface area (Å²) < 4.78 is 10.2. The van der Waals surface area contributed by atoms with Gasteiger partial charge in [0.1, 0.15) is 12.6 Å². The number of hydrogen-bond acceptors (Lipinski definition) is 5. The van der Waals surface area contributed by atoms with E-state index in [2.05, 4.69) is 5.32 Å². The van der Waals surface area contributed by atoms with Crippen LogP contribution >= 0.6 is 0 Å². The lowest BCUT2D eigenvalue weighted by atomic mass is 10.1. The van der Waals surface area contributed by atoms with Crippen molar-refractivity contribution in [2.45, 2.75) is 26.5 Å². The second-order valence-corrected chi connectivity index (χ2v) is 6.32. The second kappa shape index (κ2) is 10.1. The van der Waals surface area contributed by atoms with Crippen molar-refractivity contribution in [3.8, 4) is 0 Å². The zero-order valence-electron chi connectivity index (χ0n) is 15.4. The topological polar surface area (TPSA) is 81.7 Å². The molecule has 0 bridgehead atoms. The molecule has 1 unspecified atom stereocenters. The van der Waals surface area contributed by atoms with E-state index in [9.17, 15) is 14.4 Å². The fourth-order valence-electron chi connectivity index (χ4n) is 2.32. The first kappa shape index (κ1) is 20.2. The van der Waals surface area contributed by atoms with Gasteiger partial charge in [-0.05, 0) is 11.5 Å². The van der Waals surface area contributed by atoms with Gasteiger partial charge in [-0.15, -0.1) is 0 Å². The van der Waals surface area contributed by atoms with Crippen molar-refractivity contribution in [1.29, 1.82) is 0 Å². The van der Waals surface area contributed by atoms with Gasteiger partial charge in [-0.3, -0.25) is 4.79 Å². The Morgan fingerprint density at radius 2 is 1.48 bits per heavy atom. The Morgan fingerprint density at radius 1 is 0.889 bits per heavy atom. The monoisotopic (exact) mass is 369 g/mol. The first-order valence-electron chi connectivity index (χ1n) is 8.69. The molecule has 2 rings (SSSR count). The highest BCUT2D eigenvalue weighted by atomic mass is 16.6. The third-order valence-corrected chi connectivity index (χ3v) is 3.85. The van der Waals surface area contributed by atoms with Gasteiger partial charge in [-0.1, -0.05) is 74.5 Å². The molecule has 0 spiro atoms. The van der Waals surface area contributed by atoms with Crippen molar-refractivity contribution in [2.75, 3.05) is 6.61 Å². The normalized spacial score (nSPS) is 11.5. The lowest BCUT2D eigenvalue weighted by Crippen LogP contribution is -2.45. The van der Waals surface area contributed by atoms with E-state index in [1.54, 1.807) is 44.2 Å². The number of esters is 1. The minimum Gasteiger partial charge on any atom is -0.456 e. The van der Waals surface area contributed by atoms with Gasteiger partial charge in [0.05, 0.1) is 0 Å². The maximum atomic E-state index is 12.3. The SMILES string of the molecule is CC(C)C(NC(=O)OCc1ccccc1)C(=O)OCC(=O)c1ccccc1. The van der Waals surface area contributed by atoms with E-state index in [1.807, 2.05) is 30.3 Å². The number of alkyl carbamates (subject to hydrolysis) is 1. The highest BCUT2D eigenvalue weighted by molar-refractivity contribution is 5.98. The number of nitrogens with one attached hydrogen (secondary N) is 1. The Bertz CT molecular complexity index is 759. The van der Waals surface area contributed by atoms with E-state index >= 15 is 0 Å². The zero-order valence-corrected chi connectivity index (χ0v) is 15.4. The van der Waals surface area contributed by atoms with Crippen LogP contribution in [0.2, 0.25) is 0 Å². The fourth-order valence-corrected chi connectivity index (χ4v) is 2.32. The van der Waals surface area contributed by atoms with Crippen molar-refractivity contribution >= 4 is 17.8 Å². The number of amides is 1. The molecule has 0 aliphatic carbocycles. The highest BCUT2D eigenvalue weighted by Crippen LogP contribution is 2.07. The summed E-state index contributed by atoms with van der Waals surface area (Å²) >= 11 is 0. The maximum absolute atomic E-state index is 12.3. The Hall–Kier alpha value is -3.15. The van der Waals surface area contributed by atoms with Crippen LogP contribution in [-0.4, -0.2) is 30.5 Å². The summed E-state index contributed by atoms with van der Waals surface area (Å²) in [7, 11) is 0. The Balaban J connectivity index is 1.85. The number of hydrogen-bond donors (Lipinski definition) is 1. The molecule has 0 aliphatic rings. The molecule has 1 atom stereocenters. The Kier molecular flexibility index (Phi) is 7.55. The molecule has 0 saturated heterocycles. The summed E-state index contributed by atoms with van der Waals surface area (Å²) in [5.74, 6) is -1.21. The van der Waals surface area contributed by atoms with Gasteiger partial charge in [0.25, 0.3) is 0 Å².